The molecule has 1 aliphatic rings. The van der Waals surface area contributed by atoms with Gasteiger partial charge < -0.3 is 14.7 Å². The summed E-state index contributed by atoms with van der Waals surface area (Å²) in [6, 6.07) is 0. The van der Waals surface area contributed by atoms with Crippen molar-refractivity contribution in [3.8, 4) is 0 Å². The van der Waals surface area contributed by atoms with E-state index in [4.69, 9.17) is 4.74 Å². The number of piperidine rings is 1. The molecule has 0 aromatic carbocycles. The van der Waals surface area contributed by atoms with Crippen molar-refractivity contribution < 1.29 is 19.4 Å². The molecule has 0 radical (unpaired) electrons. The van der Waals surface area contributed by atoms with Crippen LogP contribution >= 0.6 is 0 Å². The molecule has 0 aromatic heterocycles. The largest absolute Gasteiger partial charge is 0.481 e. The number of methoxy groups -OCH3 is 1. The maximum absolute atomic E-state index is 12.8. The molecule has 0 spiro atoms. The summed E-state index contributed by atoms with van der Waals surface area (Å²) in [7, 11) is 1.51. The number of ether oxygens (including phenoxy) is 1. The van der Waals surface area contributed by atoms with E-state index in [-0.39, 0.29) is 19.1 Å². The van der Waals surface area contributed by atoms with Crippen LogP contribution in [-0.4, -0.2) is 48.7 Å². The summed E-state index contributed by atoms with van der Waals surface area (Å²) < 4.78 is 5.11. The summed E-state index contributed by atoms with van der Waals surface area (Å²) in [5, 5.41) is 9.55. The van der Waals surface area contributed by atoms with E-state index < -0.39 is 16.8 Å². The Morgan fingerprint density at radius 3 is 2.48 bits per heavy atom. The fourth-order valence-corrected chi connectivity index (χ4v) is 3.47. The van der Waals surface area contributed by atoms with Crippen LogP contribution < -0.4 is 0 Å². The van der Waals surface area contributed by atoms with Crippen LogP contribution in [0.3, 0.4) is 0 Å². The molecule has 1 fully saturated rings. The van der Waals surface area contributed by atoms with Gasteiger partial charge in [0.15, 0.2) is 0 Å². The molecule has 0 bridgehead atoms. The lowest BCUT2D eigenvalue weighted by molar-refractivity contribution is -0.161. The molecule has 1 aliphatic heterocycles. The Bertz CT molecular complexity index is 388. The molecule has 5 heteroatoms. The van der Waals surface area contributed by atoms with Crippen LogP contribution in [0, 0.1) is 16.7 Å². The van der Waals surface area contributed by atoms with Gasteiger partial charge in [0.25, 0.3) is 0 Å². The van der Waals surface area contributed by atoms with Gasteiger partial charge in [-0.2, -0.15) is 0 Å². The van der Waals surface area contributed by atoms with Crippen molar-refractivity contribution in [3.63, 3.8) is 0 Å². The zero-order valence-electron chi connectivity index (χ0n) is 13.9. The fraction of sp³-hybridized carbons (Fsp3) is 0.875. The number of carbonyl (C=O) groups excluding carboxylic acids is 1. The SMILES string of the molecule is COCC1(C(=O)O)CCCN(C(=O)C(C)(C)CC(C)C)C1. The zero-order chi connectivity index (χ0) is 16.3. The number of nitrogens with zero attached hydrogens (tertiary/aromatic N) is 1. The molecule has 1 saturated heterocycles. The van der Waals surface area contributed by atoms with Crippen molar-refractivity contribution in [1.82, 2.24) is 4.90 Å². The van der Waals surface area contributed by atoms with E-state index in [0.717, 1.165) is 6.42 Å². The van der Waals surface area contributed by atoms with Gasteiger partial charge in [-0.05, 0) is 25.2 Å². The predicted octanol–water partition coefficient (Wildman–Crippen LogP) is 2.40. The third-order valence-corrected chi connectivity index (χ3v) is 4.24. The topological polar surface area (TPSA) is 66.8 Å². The van der Waals surface area contributed by atoms with Gasteiger partial charge in [-0.1, -0.05) is 27.7 Å². The Labute approximate surface area is 127 Å². The van der Waals surface area contributed by atoms with E-state index in [2.05, 4.69) is 13.8 Å². The van der Waals surface area contributed by atoms with Gasteiger partial charge in [0.05, 0.1) is 6.61 Å². The molecule has 1 N–H and O–H groups in total. The molecule has 1 amide bonds. The van der Waals surface area contributed by atoms with Crippen molar-refractivity contribution in [2.45, 2.75) is 47.0 Å². The van der Waals surface area contributed by atoms with E-state index in [1.165, 1.54) is 7.11 Å². The highest BCUT2D eigenvalue weighted by Crippen LogP contribution is 2.35. The Kier molecular flexibility index (Phi) is 5.79. The lowest BCUT2D eigenvalue weighted by atomic mass is 9.78. The van der Waals surface area contributed by atoms with Gasteiger partial charge in [0.1, 0.15) is 5.41 Å². The maximum atomic E-state index is 12.8. The molecule has 0 saturated carbocycles. The van der Waals surface area contributed by atoms with Gasteiger partial charge in [-0.25, -0.2) is 0 Å². The van der Waals surface area contributed by atoms with E-state index in [1.54, 1.807) is 4.90 Å². The third-order valence-electron chi connectivity index (χ3n) is 4.24. The third kappa shape index (κ3) is 4.19. The van der Waals surface area contributed by atoms with E-state index in [1.807, 2.05) is 13.8 Å². The predicted molar refractivity (Wildman–Crippen MR) is 81.0 cm³/mol. The number of carbonyl (C=O) groups is 2. The highest BCUT2D eigenvalue weighted by Gasteiger charge is 2.45. The minimum Gasteiger partial charge on any atom is -0.481 e. The van der Waals surface area contributed by atoms with Crippen molar-refractivity contribution in [2.75, 3.05) is 26.8 Å². The van der Waals surface area contributed by atoms with Crippen LogP contribution in [-0.2, 0) is 14.3 Å². The molecule has 1 rings (SSSR count). The molecule has 0 aromatic rings. The van der Waals surface area contributed by atoms with Crippen molar-refractivity contribution >= 4 is 11.9 Å². The lowest BCUT2D eigenvalue weighted by Crippen LogP contribution is -2.54. The van der Waals surface area contributed by atoms with Crippen molar-refractivity contribution in [1.29, 1.82) is 0 Å². The molecule has 21 heavy (non-hydrogen) atoms. The van der Waals surface area contributed by atoms with Crippen molar-refractivity contribution in [2.24, 2.45) is 16.7 Å². The minimum atomic E-state index is -0.962. The highest BCUT2D eigenvalue weighted by atomic mass is 16.5. The number of hydrogen-bond donors (Lipinski definition) is 1. The molecular formula is C16H29NO4. The number of rotatable bonds is 6. The molecule has 1 heterocycles. The van der Waals surface area contributed by atoms with E-state index in [0.29, 0.717) is 25.3 Å². The first kappa shape index (κ1) is 18.0. The van der Waals surface area contributed by atoms with Crippen LogP contribution in [0.4, 0.5) is 0 Å². The fourth-order valence-electron chi connectivity index (χ4n) is 3.47. The second kappa shape index (κ2) is 6.77. The first-order valence-corrected chi connectivity index (χ1v) is 7.66. The van der Waals surface area contributed by atoms with Crippen LogP contribution in [0.2, 0.25) is 0 Å². The average molecular weight is 299 g/mol. The Hall–Kier alpha value is -1.10. The van der Waals surface area contributed by atoms with E-state index >= 15 is 0 Å². The lowest BCUT2D eigenvalue weighted by Gasteiger charge is -2.42. The van der Waals surface area contributed by atoms with Crippen LogP contribution in [0.1, 0.15) is 47.0 Å². The Morgan fingerprint density at radius 1 is 1.38 bits per heavy atom. The van der Waals surface area contributed by atoms with Crippen LogP contribution in [0.25, 0.3) is 0 Å². The van der Waals surface area contributed by atoms with Gasteiger partial charge in [0.2, 0.25) is 5.91 Å². The molecular weight excluding hydrogens is 270 g/mol. The summed E-state index contributed by atoms with van der Waals surface area (Å²) in [6.07, 6.45) is 2.07. The highest BCUT2D eigenvalue weighted by molar-refractivity contribution is 5.83. The normalized spacial score (nSPS) is 23.4. The summed E-state index contributed by atoms with van der Waals surface area (Å²) in [4.78, 5) is 26.1. The molecule has 0 aliphatic carbocycles. The van der Waals surface area contributed by atoms with Crippen LogP contribution in [0.15, 0.2) is 0 Å². The monoisotopic (exact) mass is 299 g/mol. The number of carboxylic acids is 1. The number of likely N-dealkylation sites (tertiary alicyclic amines) is 1. The summed E-state index contributed by atoms with van der Waals surface area (Å²) in [6.45, 7) is 9.12. The zero-order valence-corrected chi connectivity index (χ0v) is 13.9. The Morgan fingerprint density at radius 2 is 2.00 bits per heavy atom. The second-order valence-electron chi connectivity index (χ2n) is 7.33. The summed E-state index contributed by atoms with van der Waals surface area (Å²) in [5.74, 6) is -0.391. The van der Waals surface area contributed by atoms with Gasteiger partial charge >= 0.3 is 5.97 Å². The van der Waals surface area contributed by atoms with E-state index in [9.17, 15) is 14.7 Å². The molecule has 5 nitrogen and oxygen atoms in total. The smallest absolute Gasteiger partial charge is 0.313 e. The molecule has 1 atom stereocenters. The number of aliphatic carboxylic acids is 1. The van der Waals surface area contributed by atoms with Gasteiger partial charge in [-0.15, -0.1) is 0 Å². The molecule has 1 unspecified atom stereocenters. The number of amides is 1. The number of hydrogen-bond acceptors (Lipinski definition) is 3. The maximum Gasteiger partial charge on any atom is 0.313 e. The minimum absolute atomic E-state index is 0.0534. The summed E-state index contributed by atoms with van der Waals surface area (Å²) in [5.41, 5.74) is -1.42. The van der Waals surface area contributed by atoms with Crippen molar-refractivity contribution in [3.05, 3.63) is 0 Å². The first-order valence-electron chi connectivity index (χ1n) is 7.66. The first-order chi connectivity index (χ1) is 9.64. The van der Waals surface area contributed by atoms with Gasteiger partial charge in [-0.3, -0.25) is 9.59 Å². The average Bonchev–Trinajstić information content (AvgIpc) is 2.36. The standard InChI is InChI=1S/C16H29NO4/c1-12(2)9-15(3,4)13(18)17-8-6-7-16(10-17,11-21-5)14(19)20/h12H,6-11H2,1-5H3,(H,19,20). The van der Waals surface area contributed by atoms with Crippen LogP contribution in [0.5, 0.6) is 0 Å². The Balaban J connectivity index is 2.88. The second-order valence-corrected chi connectivity index (χ2v) is 7.33. The summed E-state index contributed by atoms with van der Waals surface area (Å²) >= 11 is 0. The molecule has 122 valence electrons. The number of carboxylic acid groups (broad SMARTS) is 1. The van der Waals surface area contributed by atoms with Gasteiger partial charge in [0, 0.05) is 25.6 Å². The quantitative estimate of drug-likeness (QED) is 0.818.